The van der Waals surface area contributed by atoms with Crippen LogP contribution in [0.15, 0.2) is 16.4 Å². The molecule has 2 aliphatic rings. The Morgan fingerprint density at radius 1 is 1.44 bits per heavy atom. The lowest BCUT2D eigenvalue weighted by atomic mass is 10.2. The SMILES string of the molecule is COC1=C(C(N)=O)C(OC)N(c2nc(C(F)(F)F)c(C3CCCO3)s2)C=N1. The summed E-state index contributed by atoms with van der Waals surface area (Å²) in [5.41, 5.74) is 4.23. The lowest BCUT2D eigenvalue weighted by Crippen LogP contribution is -2.44. The Bertz CT molecular complexity index is 787. The van der Waals surface area contributed by atoms with Crippen molar-refractivity contribution in [3.05, 3.63) is 22.0 Å². The summed E-state index contributed by atoms with van der Waals surface area (Å²) in [6.07, 6.45) is -4.10. The molecule has 2 aliphatic heterocycles. The summed E-state index contributed by atoms with van der Waals surface area (Å²) in [4.78, 5) is 20.7. The number of ether oxygens (including phenoxy) is 3. The maximum Gasteiger partial charge on any atom is 0.434 e. The van der Waals surface area contributed by atoms with Gasteiger partial charge < -0.3 is 19.9 Å². The first-order valence-corrected chi connectivity index (χ1v) is 8.72. The van der Waals surface area contributed by atoms with E-state index in [1.54, 1.807) is 0 Å². The van der Waals surface area contributed by atoms with Gasteiger partial charge in [-0.3, -0.25) is 9.69 Å². The fourth-order valence-electron chi connectivity index (χ4n) is 2.90. The standard InChI is InChI=1S/C15H17F3N4O4S/c1-24-12-8(11(19)23)13(25-2)22(6-20-12)14-21-10(15(16,17)18)9(27-14)7-4-3-5-26-7/h6-7,13H,3-5H2,1-2H3,(H2,19,23). The van der Waals surface area contributed by atoms with Crippen molar-refractivity contribution in [3.63, 3.8) is 0 Å². The minimum atomic E-state index is -4.65. The number of carbonyl (C=O) groups excluding carboxylic acids is 1. The predicted octanol–water partition coefficient (Wildman–Crippen LogP) is 2.18. The number of amides is 1. The van der Waals surface area contributed by atoms with E-state index in [1.165, 1.54) is 25.5 Å². The monoisotopic (exact) mass is 406 g/mol. The average Bonchev–Trinajstić information content (AvgIpc) is 3.28. The van der Waals surface area contributed by atoms with Crippen LogP contribution in [-0.2, 0) is 25.2 Å². The molecule has 3 heterocycles. The number of aromatic nitrogens is 1. The van der Waals surface area contributed by atoms with Crippen molar-refractivity contribution in [3.8, 4) is 0 Å². The Labute approximate surface area is 156 Å². The number of methoxy groups -OCH3 is 2. The van der Waals surface area contributed by atoms with Gasteiger partial charge in [0.05, 0.1) is 18.1 Å². The molecule has 2 unspecified atom stereocenters. The normalized spacial score (nSPS) is 23.2. The molecule has 3 rings (SSSR count). The molecule has 0 bridgehead atoms. The van der Waals surface area contributed by atoms with Gasteiger partial charge in [-0.2, -0.15) is 13.2 Å². The van der Waals surface area contributed by atoms with Crippen molar-refractivity contribution in [2.45, 2.75) is 31.3 Å². The van der Waals surface area contributed by atoms with Crippen molar-refractivity contribution in [2.24, 2.45) is 10.7 Å². The van der Waals surface area contributed by atoms with E-state index in [1.807, 2.05) is 0 Å². The number of hydrogen-bond acceptors (Lipinski definition) is 8. The molecule has 1 aromatic rings. The van der Waals surface area contributed by atoms with Crippen molar-refractivity contribution in [1.82, 2.24) is 4.98 Å². The van der Waals surface area contributed by atoms with E-state index in [9.17, 15) is 18.0 Å². The fraction of sp³-hybridized carbons (Fsp3) is 0.533. The predicted molar refractivity (Wildman–Crippen MR) is 90.0 cm³/mol. The van der Waals surface area contributed by atoms with Crippen molar-refractivity contribution >= 4 is 28.7 Å². The molecule has 0 spiro atoms. The van der Waals surface area contributed by atoms with E-state index in [0.29, 0.717) is 19.4 Å². The molecule has 1 fully saturated rings. The van der Waals surface area contributed by atoms with Crippen LogP contribution in [0.5, 0.6) is 0 Å². The Hall–Kier alpha value is -2.18. The highest BCUT2D eigenvalue weighted by Crippen LogP contribution is 2.44. The summed E-state index contributed by atoms with van der Waals surface area (Å²) < 4.78 is 56.1. The first-order chi connectivity index (χ1) is 12.8. The van der Waals surface area contributed by atoms with Crippen LogP contribution in [-0.4, -0.2) is 44.3 Å². The number of nitrogens with two attached hydrogens (primary N) is 1. The lowest BCUT2D eigenvalue weighted by molar-refractivity contribution is -0.142. The second-order valence-electron chi connectivity index (χ2n) is 5.74. The van der Waals surface area contributed by atoms with Gasteiger partial charge in [-0.25, -0.2) is 9.98 Å². The minimum absolute atomic E-state index is 0.0135. The van der Waals surface area contributed by atoms with Crippen molar-refractivity contribution < 1.29 is 32.2 Å². The van der Waals surface area contributed by atoms with Gasteiger partial charge in [-0.1, -0.05) is 11.3 Å². The first-order valence-electron chi connectivity index (χ1n) is 7.90. The number of hydrogen-bond donors (Lipinski definition) is 1. The van der Waals surface area contributed by atoms with Gasteiger partial charge in [0.15, 0.2) is 17.1 Å². The molecule has 148 valence electrons. The number of halogens is 3. The van der Waals surface area contributed by atoms with Gasteiger partial charge in [-0.15, -0.1) is 0 Å². The van der Waals surface area contributed by atoms with E-state index in [-0.39, 0.29) is 21.5 Å². The number of rotatable bonds is 5. The van der Waals surface area contributed by atoms with E-state index < -0.39 is 30.1 Å². The number of alkyl halides is 3. The molecule has 2 N–H and O–H groups in total. The number of carbonyl (C=O) groups is 1. The number of anilines is 1. The molecular weight excluding hydrogens is 389 g/mol. The summed E-state index contributed by atoms with van der Waals surface area (Å²) in [5.74, 6) is -0.940. The van der Waals surface area contributed by atoms with Crippen LogP contribution in [0.25, 0.3) is 0 Å². The third-order valence-electron chi connectivity index (χ3n) is 4.07. The highest BCUT2D eigenvalue weighted by atomic mass is 32.1. The van der Waals surface area contributed by atoms with Gasteiger partial charge in [0.1, 0.15) is 11.9 Å². The second kappa shape index (κ2) is 7.44. The molecule has 0 saturated carbocycles. The molecule has 1 aromatic heterocycles. The van der Waals surface area contributed by atoms with Crippen LogP contribution in [0.2, 0.25) is 0 Å². The maximum atomic E-state index is 13.5. The fourth-order valence-corrected chi connectivity index (χ4v) is 4.05. The largest absolute Gasteiger partial charge is 0.480 e. The van der Waals surface area contributed by atoms with Crippen molar-refractivity contribution in [2.75, 3.05) is 25.7 Å². The van der Waals surface area contributed by atoms with E-state index in [2.05, 4.69) is 9.98 Å². The summed E-state index contributed by atoms with van der Waals surface area (Å²) >= 11 is 0.815. The summed E-state index contributed by atoms with van der Waals surface area (Å²) in [6.45, 7) is 0.396. The quantitative estimate of drug-likeness (QED) is 0.805. The molecule has 0 radical (unpaired) electrons. The summed E-state index contributed by atoms with van der Waals surface area (Å²) in [5, 5.41) is -0.0441. The smallest absolute Gasteiger partial charge is 0.434 e. The third kappa shape index (κ3) is 3.64. The number of aliphatic imine (C=N–C) groups is 1. The van der Waals surface area contributed by atoms with Gasteiger partial charge in [0.2, 0.25) is 5.88 Å². The molecular formula is C15H17F3N4O4S. The van der Waals surface area contributed by atoms with Crippen LogP contribution in [0, 0.1) is 0 Å². The van der Waals surface area contributed by atoms with Crippen LogP contribution in [0.3, 0.4) is 0 Å². The Kier molecular flexibility index (Phi) is 5.40. The molecule has 1 saturated heterocycles. The zero-order chi connectivity index (χ0) is 19.8. The molecule has 8 nitrogen and oxygen atoms in total. The Balaban J connectivity index is 2.04. The highest BCUT2D eigenvalue weighted by molar-refractivity contribution is 7.16. The topological polar surface area (TPSA) is 99.3 Å². The summed E-state index contributed by atoms with van der Waals surface area (Å²) in [6, 6.07) is 0. The molecule has 0 aromatic carbocycles. The van der Waals surface area contributed by atoms with E-state index >= 15 is 0 Å². The van der Waals surface area contributed by atoms with Gasteiger partial charge in [0, 0.05) is 13.7 Å². The Morgan fingerprint density at radius 3 is 2.70 bits per heavy atom. The van der Waals surface area contributed by atoms with Crippen LogP contribution >= 0.6 is 11.3 Å². The number of primary amides is 1. The molecule has 0 aliphatic carbocycles. The highest BCUT2D eigenvalue weighted by Gasteiger charge is 2.43. The third-order valence-corrected chi connectivity index (χ3v) is 5.23. The number of thiazole rings is 1. The maximum absolute atomic E-state index is 13.5. The molecule has 1 amide bonds. The Morgan fingerprint density at radius 2 is 2.19 bits per heavy atom. The average molecular weight is 406 g/mol. The minimum Gasteiger partial charge on any atom is -0.480 e. The number of nitrogens with zero attached hydrogens (tertiary/aromatic N) is 3. The van der Waals surface area contributed by atoms with Crippen LogP contribution in [0.4, 0.5) is 18.3 Å². The lowest BCUT2D eigenvalue weighted by Gasteiger charge is -2.30. The van der Waals surface area contributed by atoms with Crippen molar-refractivity contribution in [1.29, 1.82) is 0 Å². The van der Waals surface area contributed by atoms with Crippen LogP contribution in [0.1, 0.15) is 29.5 Å². The summed E-state index contributed by atoms with van der Waals surface area (Å²) in [7, 11) is 2.57. The van der Waals surface area contributed by atoms with E-state index in [0.717, 1.165) is 11.3 Å². The molecule has 2 atom stereocenters. The van der Waals surface area contributed by atoms with Crippen LogP contribution < -0.4 is 10.6 Å². The second-order valence-corrected chi connectivity index (χ2v) is 6.74. The first kappa shape index (κ1) is 19.6. The molecule has 12 heteroatoms. The van der Waals surface area contributed by atoms with Gasteiger partial charge in [0.25, 0.3) is 5.91 Å². The zero-order valence-electron chi connectivity index (χ0n) is 14.4. The zero-order valence-corrected chi connectivity index (χ0v) is 15.3. The molecule has 27 heavy (non-hydrogen) atoms. The van der Waals surface area contributed by atoms with Gasteiger partial charge in [-0.05, 0) is 12.8 Å². The van der Waals surface area contributed by atoms with E-state index in [4.69, 9.17) is 19.9 Å². The van der Waals surface area contributed by atoms with Gasteiger partial charge >= 0.3 is 6.18 Å².